The summed E-state index contributed by atoms with van der Waals surface area (Å²) in [7, 11) is -2.27. The molecular weight excluding hydrogens is 357 g/mol. The van der Waals surface area contributed by atoms with Crippen LogP contribution in [0, 0.1) is 0 Å². The van der Waals surface area contributed by atoms with E-state index in [1.165, 1.54) is 0 Å². The number of halogens is 3. The van der Waals surface area contributed by atoms with E-state index >= 15 is 0 Å². The summed E-state index contributed by atoms with van der Waals surface area (Å²) < 4.78 is 61.1. The van der Waals surface area contributed by atoms with Crippen LogP contribution in [0.3, 0.4) is 0 Å². The summed E-state index contributed by atoms with van der Waals surface area (Å²) in [6, 6.07) is 0. The molecule has 24 heavy (non-hydrogen) atoms. The number of carboxylic acids is 2. The van der Waals surface area contributed by atoms with E-state index < -0.39 is 47.0 Å². The van der Waals surface area contributed by atoms with Crippen molar-refractivity contribution in [3.8, 4) is 0 Å². The molecule has 0 amide bonds. The minimum absolute atomic E-state index is 0.0293. The lowest BCUT2D eigenvalue weighted by atomic mass is 10.3. The lowest BCUT2D eigenvalue weighted by Gasteiger charge is -2.30. The molecule has 0 radical (unpaired) electrons. The van der Waals surface area contributed by atoms with Crippen LogP contribution in [-0.2, 0) is 19.6 Å². The molecule has 0 unspecified atom stereocenters. The number of carboxylic acid groups (broad SMARTS) is 2. The summed E-state index contributed by atoms with van der Waals surface area (Å²) in [6.45, 7) is -0.801. The van der Waals surface area contributed by atoms with E-state index in [0.717, 1.165) is 0 Å². The molecule has 0 rings (SSSR count). The lowest BCUT2D eigenvalue weighted by molar-refractivity contribution is -0.889. The molecule has 12 heteroatoms. The normalized spacial score (nSPS) is 13.2. The largest absolute Gasteiger partial charge is 0.511 e. The molecule has 2 N–H and O–H groups in total. The van der Waals surface area contributed by atoms with Gasteiger partial charge < -0.3 is 14.7 Å². The van der Waals surface area contributed by atoms with E-state index in [1.807, 2.05) is 0 Å². The van der Waals surface area contributed by atoms with E-state index in [-0.39, 0.29) is 34.7 Å². The van der Waals surface area contributed by atoms with E-state index in [2.05, 4.69) is 0 Å². The fourth-order valence-electron chi connectivity index (χ4n) is 1.90. The Morgan fingerprint density at radius 2 is 1.50 bits per heavy atom. The average molecular weight is 379 g/mol. The van der Waals surface area contributed by atoms with Gasteiger partial charge in [-0.1, -0.05) is 0 Å². The number of rotatable bonds is 11. The second kappa shape index (κ2) is 8.62. The van der Waals surface area contributed by atoms with Crippen LogP contribution in [0.2, 0.25) is 0 Å². The summed E-state index contributed by atoms with van der Waals surface area (Å²) in [6.07, 6.45) is -0.843. The predicted octanol–water partition coefficient (Wildman–Crippen LogP) is 0.554. The third-order valence-corrected chi connectivity index (χ3v) is 4.94. The van der Waals surface area contributed by atoms with Crippen molar-refractivity contribution < 1.29 is 45.9 Å². The first kappa shape index (κ1) is 22.6. The molecule has 8 nitrogen and oxygen atoms in total. The quantitative estimate of drug-likeness (QED) is 0.507. The number of sulfonamides is 1. The van der Waals surface area contributed by atoms with E-state index in [9.17, 15) is 31.2 Å². The Kier molecular flexibility index (Phi) is 8.12. The molecular formula is C12H22F3N2O6S+. The molecule has 0 atom stereocenters. The van der Waals surface area contributed by atoms with Crippen molar-refractivity contribution in [3.63, 3.8) is 0 Å². The molecule has 0 aliphatic carbocycles. The van der Waals surface area contributed by atoms with Crippen molar-refractivity contribution >= 4 is 22.0 Å². The van der Waals surface area contributed by atoms with Crippen molar-refractivity contribution in [2.75, 3.05) is 40.3 Å². The Morgan fingerprint density at radius 1 is 1.00 bits per heavy atom. The molecule has 0 aliphatic rings. The third kappa shape index (κ3) is 7.93. The molecule has 0 aromatic rings. The summed E-state index contributed by atoms with van der Waals surface area (Å²) >= 11 is 0. The summed E-state index contributed by atoms with van der Waals surface area (Å²) in [5.74, 6) is -2.42. The van der Waals surface area contributed by atoms with Gasteiger partial charge in [0.1, 0.15) is 0 Å². The van der Waals surface area contributed by atoms with Crippen LogP contribution in [0.25, 0.3) is 0 Å². The number of hydrogen-bond donors (Lipinski definition) is 2. The number of nitrogens with zero attached hydrogens (tertiary/aromatic N) is 2. The number of hydrogen-bond acceptors (Lipinski definition) is 4. The van der Waals surface area contributed by atoms with Crippen molar-refractivity contribution in [2.24, 2.45) is 0 Å². The zero-order chi connectivity index (χ0) is 19.2. The van der Waals surface area contributed by atoms with Gasteiger partial charge in [0, 0.05) is 19.5 Å². The first-order chi connectivity index (χ1) is 10.7. The Labute approximate surface area is 138 Å². The molecule has 0 heterocycles. The van der Waals surface area contributed by atoms with Crippen molar-refractivity contribution in [1.29, 1.82) is 0 Å². The second-order valence-corrected chi connectivity index (χ2v) is 7.80. The smallest absolute Gasteiger partial charge is 0.481 e. The second-order valence-electron chi connectivity index (χ2n) is 5.87. The monoisotopic (exact) mass is 379 g/mol. The number of quaternary nitrogens is 1. The average Bonchev–Trinajstić information content (AvgIpc) is 2.38. The molecule has 0 saturated heterocycles. The summed E-state index contributed by atoms with van der Waals surface area (Å²) in [5, 5.41) is 17.2. The highest BCUT2D eigenvalue weighted by Gasteiger charge is 2.49. The molecule has 142 valence electrons. The van der Waals surface area contributed by atoms with Gasteiger partial charge >= 0.3 is 27.5 Å². The van der Waals surface area contributed by atoms with Crippen LogP contribution in [-0.4, -0.2) is 85.1 Å². The van der Waals surface area contributed by atoms with Crippen molar-refractivity contribution in [1.82, 2.24) is 4.31 Å². The molecule has 0 aromatic carbocycles. The van der Waals surface area contributed by atoms with Crippen LogP contribution in [0.15, 0.2) is 0 Å². The van der Waals surface area contributed by atoms with E-state index in [1.54, 1.807) is 14.1 Å². The van der Waals surface area contributed by atoms with Crippen molar-refractivity contribution in [3.05, 3.63) is 0 Å². The van der Waals surface area contributed by atoms with Gasteiger partial charge in [-0.3, -0.25) is 9.59 Å². The molecule has 0 spiro atoms. The van der Waals surface area contributed by atoms with E-state index in [0.29, 0.717) is 0 Å². The first-order valence-corrected chi connectivity index (χ1v) is 8.45. The standard InChI is InChI=1S/C12H21F3N2O6S/c1-17(2,9-5-11(20)21)8-3-6-16(7-4-10(18)19)24(22,23)12(13,14)15/h3-9H2,1-2H3,(H-,18,19,20,21)/p+1. The summed E-state index contributed by atoms with van der Waals surface area (Å²) in [4.78, 5) is 21.0. The number of aliphatic carboxylic acids is 2. The maximum absolute atomic E-state index is 12.6. The van der Waals surface area contributed by atoms with Crippen LogP contribution >= 0.6 is 0 Å². The van der Waals surface area contributed by atoms with Gasteiger partial charge in [-0.25, -0.2) is 8.42 Å². The van der Waals surface area contributed by atoms with Crippen LogP contribution in [0.1, 0.15) is 19.3 Å². The highest BCUT2D eigenvalue weighted by molar-refractivity contribution is 7.90. The van der Waals surface area contributed by atoms with Crippen LogP contribution in [0.5, 0.6) is 0 Å². The van der Waals surface area contributed by atoms with Gasteiger partial charge in [0.2, 0.25) is 0 Å². The molecule has 0 aliphatic heterocycles. The Bertz CT molecular complexity index is 547. The van der Waals surface area contributed by atoms with Gasteiger partial charge in [0.05, 0.1) is 40.0 Å². The lowest BCUT2D eigenvalue weighted by Crippen LogP contribution is -2.46. The fourth-order valence-corrected chi connectivity index (χ4v) is 2.90. The van der Waals surface area contributed by atoms with E-state index in [4.69, 9.17) is 10.2 Å². The molecule has 0 fully saturated rings. The van der Waals surface area contributed by atoms with Gasteiger partial charge in [0.15, 0.2) is 0 Å². The van der Waals surface area contributed by atoms with Gasteiger partial charge in [-0.15, -0.1) is 0 Å². The maximum Gasteiger partial charge on any atom is 0.511 e. The topological polar surface area (TPSA) is 112 Å². The zero-order valence-corrected chi connectivity index (χ0v) is 14.2. The molecule has 0 bridgehead atoms. The van der Waals surface area contributed by atoms with Gasteiger partial charge in [0.25, 0.3) is 0 Å². The van der Waals surface area contributed by atoms with Gasteiger partial charge in [-0.05, 0) is 0 Å². The molecule has 0 saturated carbocycles. The Balaban J connectivity index is 4.85. The zero-order valence-electron chi connectivity index (χ0n) is 13.4. The Hall–Kier alpha value is -1.40. The number of carbonyl (C=O) groups is 2. The SMILES string of the molecule is C[N+](C)(CCCN(CCC(=O)O)S(=O)(=O)C(F)(F)F)CCC(=O)O. The Morgan fingerprint density at radius 3 is 1.92 bits per heavy atom. The summed E-state index contributed by atoms with van der Waals surface area (Å²) in [5.41, 5.74) is -5.50. The predicted molar refractivity (Wildman–Crippen MR) is 77.5 cm³/mol. The highest BCUT2D eigenvalue weighted by atomic mass is 32.2. The van der Waals surface area contributed by atoms with Crippen LogP contribution in [0.4, 0.5) is 13.2 Å². The fraction of sp³-hybridized carbons (Fsp3) is 0.833. The van der Waals surface area contributed by atoms with Gasteiger partial charge in [-0.2, -0.15) is 17.5 Å². The first-order valence-electron chi connectivity index (χ1n) is 7.01. The minimum Gasteiger partial charge on any atom is -0.481 e. The highest BCUT2D eigenvalue weighted by Crippen LogP contribution is 2.27. The minimum atomic E-state index is -5.61. The third-order valence-electron chi connectivity index (χ3n) is 3.31. The maximum atomic E-state index is 12.6. The van der Waals surface area contributed by atoms with Crippen LogP contribution < -0.4 is 0 Å². The molecule has 0 aromatic heterocycles. The number of alkyl halides is 3. The van der Waals surface area contributed by atoms with Crippen molar-refractivity contribution in [2.45, 2.75) is 24.8 Å².